The van der Waals surface area contributed by atoms with Gasteiger partial charge in [0.2, 0.25) is 0 Å². The van der Waals surface area contributed by atoms with E-state index < -0.39 is 0 Å². The van der Waals surface area contributed by atoms with Crippen molar-refractivity contribution in [3.8, 4) is 11.5 Å². The topological polar surface area (TPSA) is 63.2 Å². The third kappa shape index (κ3) is 3.43. The maximum atomic E-state index is 12.2. The predicted octanol–water partition coefficient (Wildman–Crippen LogP) is 3.64. The van der Waals surface area contributed by atoms with E-state index in [1.165, 1.54) is 24.8 Å². The number of nitrogens with zero attached hydrogens (tertiary/aromatic N) is 2. The Hall–Kier alpha value is -3.02. The molecule has 0 saturated heterocycles. The first-order chi connectivity index (χ1) is 14.2. The number of carbonyl (C=O) groups is 1. The van der Waals surface area contributed by atoms with Crippen molar-refractivity contribution >= 4 is 17.4 Å². The van der Waals surface area contributed by atoms with E-state index in [0.717, 1.165) is 35.0 Å². The number of fused-ring (bicyclic) bond motifs is 3. The molecule has 0 radical (unpaired) electrons. The van der Waals surface area contributed by atoms with Gasteiger partial charge in [0.15, 0.2) is 5.84 Å². The van der Waals surface area contributed by atoms with Gasteiger partial charge in [0, 0.05) is 6.07 Å². The Bertz CT molecular complexity index is 953. The molecule has 1 saturated carbocycles. The van der Waals surface area contributed by atoms with Gasteiger partial charge in [0.05, 0.1) is 5.69 Å². The Balaban J connectivity index is 1.49. The summed E-state index contributed by atoms with van der Waals surface area (Å²) in [7, 11) is 0. The maximum absolute atomic E-state index is 12.2. The van der Waals surface area contributed by atoms with Crippen LogP contribution < -0.4 is 19.8 Å². The van der Waals surface area contributed by atoms with Gasteiger partial charge in [-0.25, -0.2) is 5.43 Å². The van der Waals surface area contributed by atoms with E-state index in [2.05, 4.69) is 28.7 Å². The largest absolute Gasteiger partial charge is 0.488 e. The molecule has 1 amide bonds. The van der Waals surface area contributed by atoms with Crippen LogP contribution in [-0.4, -0.2) is 24.4 Å². The van der Waals surface area contributed by atoms with Gasteiger partial charge in [0.1, 0.15) is 30.8 Å². The molecule has 6 heteroatoms. The number of amidine groups is 1. The molecule has 6 nitrogen and oxygen atoms in total. The highest BCUT2D eigenvalue weighted by atomic mass is 16.5. The second-order valence-electron chi connectivity index (χ2n) is 8.04. The van der Waals surface area contributed by atoms with Crippen molar-refractivity contribution in [2.24, 2.45) is 11.0 Å². The lowest BCUT2D eigenvalue weighted by atomic mass is 9.80. The summed E-state index contributed by atoms with van der Waals surface area (Å²) in [5.41, 5.74) is 5.79. The number of rotatable bonds is 5. The lowest BCUT2D eigenvalue weighted by Crippen LogP contribution is -2.55. The van der Waals surface area contributed by atoms with Gasteiger partial charge >= 0.3 is 0 Å². The number of amides is 1. The SMILES string of the molecule is CC1C(=O)NN=C2COc3cc(OCc4ccccc4)c(CC4CCC4)cc3N21. The summed E-state index contributed by atoms with van der Waals surface area (Å²) >= 11 is 0. The van der Waals surface area contributed by atoms with Crippen molar-refractivity contribution in [3.05, 3.63) is 53.6 Å². The number of ether oxygens (including phenoxy) is 2. The third-order valence-corrected chi connectivity index (χ3v) is 6.07. The van der Waals surface area contributed by atoms with Gasteiger partial charge in [-0.15, -0.1) is 0 Å². The van der Waals surface area contributed by atoms with Crippen LogP contribution in [0.15, 0.2) is 47.6 Å². The van der Waals surface area contributed by atoms with Crippen LogP contribution in [-0.2, 0) is 17.8 Å². The lowest BCUT2D eigenvalue weighted by molar-refractivity contribution is -0.122. The Kier molecular flexibility index (Phi) is 4.62. The summed E-state index contributed by atoms with van der Waals surface area (Å²) in [5.74, 6) is 2.94. The number of hydrogen-bond donors (Lipinski definition) is 1. The normalized spacial score (nSPS) is 20.6. The number of nitrogens with one attached hydrogen (secondary N) is 1. The fourth-order valence-electron chi connectivity index (χ4n) is 4.13. The number of benzene rings is 2. The average molecular weight is 391 g/mol. The zero-order valence-corrected chi connectivity index (χ0v) is 16.6. The van der Waals surface area contributed by atoms with E-state index in [4.69, 9.17) is 9.47 Å². The Labute approximate surface area is 170 Å². The van der Waals surface area contributed by atoms with Gasteiger partial charge in [0.25, 0.3) is 5.91 Å². The van der Waals surface area contributed by atoms with Crippen LogP contribution >= 0.6 is 0 Å². The van der Waals surface area contributed by atoms with Crippen molar-refractivity contribution in [2.45, 2.75) is 45.3 Å². The summed E-state index contributed by atoms with van der Waals surface area (Å²) in [6, 6.07) is 14.0. The van der Waals surface area contributed by atoms with Crippen molar-refractivity contribution in [2.75, 3.05) is 11.5 Å². The van der Waals surface area contributed by atoms with Crippen LogP contribution in [0.2, 0.25) is 0 Å². The van der Waals surface area contributed by atoms with Gasteiger partial charge in [-0.2, -0.15) is 5.10 Å². The van der Waals surface area contributed by atoms with Crippen molar-refractivity contribution in [1.82, 2.24) is 5.43 Å². The Morgan fingerprint density at radius 2 is 2.07 bits per heavy atom. The molecule has 5 rings (SSSR count). The van der Waals surface area contributed by atoms with E-state index in [0.29, 0.717) is 19.1 Å². The summed E-state index contributed by atoms with van der Waals surface area (Å²) in [6.07, 6.45) is 4.82. The van der Waals surface area contributed by atoms with E-state index in [1.807, 2.05) is 36.1 Å². The summed E-state index contributed by atoms with van der Waals surface area (Å²) in [4.78, 5) is 14.2. The van der Waals surface area contributed by atoms with Crippen molar-refractivity contribution in [3.63, 3.8) is 0 Å². The molecule has 2 aromatic rings. The molecule has 1 N–H and O–H groups in total. The highest BCUT2D eigenvalue weighted by Gasteiger charge is 2.36. The molecule has 1 aliphatic carbocycles. The van der Waals surface area contributed by atoms with Crippen LogP contribution in [0.5, 0.6) is 11.5 Å². The van der Waals surface area contributed by atoms with Gasteiger partial charge in [-0.1, -0.05) is 49.6 Å². The second kappa shape index (κ2) is 7.43. The molecule has 2 heterocycles. The molecule has 0 bridgehead atoms. The van der Waals surface area contributed by atoms with Crippen LogP contribution in [0.25, 0.3) is 0 Å². The number of hydrogen-bond acceptors (Lipinski definition) is 5. The smallest absolute Gasteiger partial charge is 0.262 e. The Morgan fingerprint density at radius 1 is 1.24 bits per heavy atom. The fraction of sp³-hybridized carbons (Fsp3) is 0.391. The highest BCUT2D eigenvalue weighted by Crippen LogP contribution is 2.42. The first-order valence-electron chi connectivity index (χ1n) is 10.3. The lowest BCUT2D eigenvalue weighted by Gasteiger charge is -2.38. The standard InChI is InChI=1S/C23H25N3O3/c1-15-23(27)25-24-22-14-29-21-12-20(28-13-17-6-3-2-4-7-17)18(10-16-8-5-9-16)11-19(21)26(15)22/h2-4,6-7,11-12,15-16H,5,8-10,13-14H2,1H3,(H,25,27). The third-order valence-electron chi connectivity index (χ3n) is 6.07. The molecule has 1 atom stereocenters. The molecule has 0 spiro atoms. The second-order valence-corrected chi connectivity index (χ2v) is 8.04. The van der Waals surface area contributed by atoms with Crippen LogP contribution in [0.4, 0.5) is 5.69 Å². The van der Waals surface area contributed by atoms with E-state index in [1.54, 1.807) is 0 Å². The monoisotopic (exact) mass is 391 g/mol. The van der Waals surface area contributed by atoms with Gasteiger partial charge in [-0.3, -0.25) is 4.79 Å². The maximum Gasteiger partial charge on any atom is 0.262 e. The Morgan fingerprint density at radius 3 is 2.83 bits per heavy atom. The molecular weight excluding hydrogens is 366 g/mol. The zero-order chi connectivity index (χ0) is 19.8. The summed E-state index contributed by atoms with van der Waals surface area (Å²) in [5, 5.41) is 4.18. The van der Waals surface area contributed by atoms with Crippen molar-refractivity contribution in [1.29, 1.82) is 0 Å². The van der Waals surface area contributed by atoms with Crippen molar-refractivity contribution < 1.29 is 14.3 Å². The first kappa shape index (κ1) is 18.0. The van der Waals surface area contributed by atoms with Crippen LogP contribution in [0.1, 0.15) is 37.3 Å². The molecule has 2 aliphatic heterocycles. The quantitative estimate of drug-likeness (QED) is 0.845. The van der Waals surface area contributed by atoms with Gasteiger partial charge in [-0.05, 0) is 36.5 Å². The average Bonchev–Trinajstić information content (AvgIpc) is 2.72. The fourth-order valence-corrected chi connectivity index (χ4v) is 4.13. The first-order valence-corrected chi connectivity index (χ1v) is 10.3. The highest BCUT2D eigenvalue weighted by molar-refractivity contribution is 6.09. The number of hydrazone groups is 1. The minimum absolute atomic E-state index is 0.105. The van der Waals surface area contributed by atoms with Gasteiger partial charge < -0.3 is 14.4 Å². The molecule has 150 valence electrons. The molecule has 1 fully saturated rings. The van der Waals surface area contributed by atoms with Crippen LogP contribution in [0.3, 0.4) is 0 Å². The minimum atomic E-state index is -0.321. The molecule has 0 aromatic heterocycles. The summed E-state index contributed by atoms with van der Waals surface area (Å²) < 4.78 is 12.2. The zero-order valence-electron chi connectivity index (χ0n) is 16.6. The minimum Gasteiger partial charge on any atom is -0.488 e. The molecule has 29 heavy (non-hydrogen) atoms. The van der Waals surface area contributed by atoms with Crippen LogP contribution in [0, 0.1) is 5.92 Å². The summed E-state index contributed by atoms with van der Waals surface area (Å²) in [6.45, 7) is 2.74. The molecule has 1 unspecified atom stereocenters. The number of anilines is 1. The van der Waals surface area contributed by atoms with E-state index in [-0.39, 0.29) is 11.9 Å². The predicted molar refractivity (Wildman–Crippen MR) is 111 cm³/mol. The molecular formula is C23H25N3O3. The molecule has 3 aliphatic rings. The molecule has 2 aromatic carbocycles. The number of carbonyl (C=O) groups excluding carboxylic acids is 1. The van der Waals surface area contributed by atoms with E-state index in [9.17, 15) is 4.79 Å². The van der Waals surface area contributed by atoms with E-state index >= 15 is 0 Å².